The number of pyridine rings is 1. The van der Waals surface area contributed by atoms with E-state index >= 15 is 0 Å². The number of hydrogen-bond donors (Lipinski definition) is 1. The quantitative estimate of drug-likeness (QED) is 0.924. The molecule has 24 heavy (non-hydrogen) atoms. The first-order chi connectivity index (χ1) is 11.8. The van der Waals surface area contributed by atoms with Gasteiger partial charge in [-0.15, -0.1) is 0 Å². The van der Waals surface area contributed by atoms with E-state index in [0.717, 1.165) is 62.7 Å². The van der Waals surface area contributed by atoms with Gasteiger partial charge >= 0.3 is 0 Å². The second-order valence-corrected chi connectivity index (χ2v) is 6.79. The van der Waals surface area contributed by atoms with E-state index in [0.29, 0.717) is 5.02 Å². The molecule has 0 saturated carbocycles. The molecule has 2 heterocycles. The Morgan fingerprint density at radius 1 is 1.12 bits per heavy atom. The van der Waals surface area contributed by atoms with E-state index in [2.05, 4.69) is 22.3 Å². The Bertz CT molecular complexity index is 716. The predicted octanol–water partition coefficient (Wildman–Crippen LogP) is 3.60. The molecule has 4 rings (SSSR count). The van der Waals surface area contributed by atoms with Gasteiger partial charge in [-0.05, 0) is 43.0 Å². The number of nitrogens with one attached hydrogen (secondary N) is 1. The third-order valence-electron chi connectivity index (χ3n) is 4.76. The average molecular weight is 344 g/mol. The first-order valence-corrected chi connectivity index (χ1v) is 9.06. The number of nitrogens with zero attached hydrogens (tertiary/aromatic N) is 2. The Morgan fingerprint density at radius 3 is 2.79 bits per heavy atom. The number of ether oxygens (including phenoxy) is 1. The summed E-state index contributed by atoms with van der Waals surface area (Å²) >= 11 is 6.26. The van der Waals surface area contributed by atoms with Crippen LogP contribution in [0.2, 0.25) is 5.02 Å². The Kier molecular flexibility index (Phi) is 4.58. The van der Waals surface area contributed by atoms with Crippen molar-refractivity contribution in [2.24, 2.45) is 0 Å². The number of anilines is 1. The average Bonchev–Trinajstić information content (AvgIpc) is 2.64. The zero-order valence-electron chi connectivity index (χ0n) is 13.7. The number of rotatable bonds is 3. The van der Waals surface area contributed by atoms with Gasteiger partial charge in [-0.25, -0.2) is 4.98 Å². The first-order valence-electron chi connectivity index (χ1n) is 8.68. The van der Waals surface area contributed by atoms with Crippen LogP contribution in [0.1, 0.15) is 30.2 Å². The molecule has 0 bridgehead atoms. The van der Waals surface area contributed by atoms with Crippen molar-refractivity contribution in [2.45, 2.75) is 25.4 Å². The molecule has 126 valence electrons. The van der Waals surface area contributed by atoms with Crippen LogP contribution in [0.4, 0.5) is 5.82 Å². The molecule has 1 saturated heterocycles. The van der Waals surface area contributed by atoms with Gasteiger partial charge in [0, 0.05) is 26.2 Å². The van der Waals surface area contributed by atoms with Crippen LogP contribution in [-0.4, -0.2) is 31.2 Å². The molecular formula is C19H22ClN3O. The van der Waals surface area contributed by atoms with Crippen LogP contribution in [0.25, 0.3) is 0 Å². The van der Waals surface area contributed by atoms with E-state index < -0.39 is 0 Å². The van der Waals surface area contributed by atoms with Gasteiger partial charge in [0.25, 0.3) is 0 Å². The van der Waals surface area contributed by atoms with Crippen molar-refractivity contribution in [1.29, 1.82) is 0 Å². The summed E-state index contributed by atoms with van der Waals surface area (Å²) < 4.78 is 6.23. The van der Waals surface area contributed by atoms with Gasteiger partial charge in [-0.3, -0.25) is 0 Å². The number of aryl methyl sites for hydroxylation is 1. The van der Waals surface area contributed by atoms with Crippen molar-refractivity contribution in [1.82, 2.24) is 10.3 Å². The van der Waals surface area contributed by atoms with Crippen molar-refractivity contribution in [2.75, 3.05) is 31.1 Å². The molecule has 4 nitrogen and oxygen atoms in total. The van der Waals surface area contributed by atoms with E-state index in [9.17, 15) is 0 Å². The summed E-state index contributed by atoms with van der Waals surface area (Å²) in [4.78, 5) is 7.32. The van der Waals surface area contributed by atoms with Crippen LogP contribution >= 0.6 is 11.6 Å². The Balaban J connectivity index is 1.61. The molecule has 0 unspecified atom stereocenters. The van der Waals surface area contributed by atoms with Crippen LogP contribution < -0.4 is 15.0 Å². The Hall–Kier alpha value is -1.78. The van der Waals surface area contributed by atoms with Gasteiger partial charge < -0.3 is 15.0 Å². The highest BCUT2D eigenvalue weighted by Crippen LogP contribution is 2.36. The number of aromatic nitrogens is 1. The smallest absolute Gasteiger partial charge is 0.141 e. The summed E-state index contributed by atoms with van der Waals surface area (Å²) in [6, 6.07) is 12.0. The highest BCUT2D eigenvalue weighted by molar-refractivity contribution is 6.32. The monoisotopic (exact) mass is 343 g/mol. The van der Waals surface area contributed by atoms with Crippen LogP contribution in [0.3, 0.4) is 0 Å². The number of piperazine rings is 1. The predicted molar refractivity (Wildman–Crippen MR) is 97.1 cm³/mol. The van der Waals surface area contributed by atoms with Crippen LogP contribution in [0.5, 0.6) is 5.75 Å². The fourth-order valence-electron chi connectivity index (χ4n) is 3.48. The minimum absolute atomic E-state index is 0.0171. The molecule has 2 aliphatic rings. The molecule has 1 aromatic carbocycles. The lowest BCUT2D eigenvalue weighted by molar-refractivity contribution is 0.178. The molecule has 0 spiro atoms. The zero-order valence-corrected chi connectivity index (χ0v) is 14.4. The van der Waals surface area contributed by atoms with E-state index in [1.165, 1.54) is 5.56 Å². The maximum absolute atomic E-state index is 6.26. The molecule has 2 aromatic rings. The second kappa shape index (κ2) is 6.99. The number of benzene rings is 1. The molecule has 1 aromatic heterocycles. The summed E-state index contributed by atoms with van der Waals surface area (Å²) in [5, 5.41) is 4.04. The summed E-state index contributed by atoms with van der Waals surface area (Å²) in [6.07, 6.45) is 3.16. The first kappa shape index (κ1) is 15.7. The van der Waals surface area contributed by atoms with Crippen molar-refractivity contribution < 1.29 is 4.74 Å². The molecular weight excluding hydrogens is 322 g/mol. The molecule has 1 fully saturated rings. The van der Waals surface area contributed by atoms with Gasteiger partial charge in [-0.1, -0.05) is 29.8 Å². The maximum Gasteiger partial charge on any atom is 0.141 e. The van der Waals surface area contributed by atoms with E-state index in [1.54, 1.807) is 0 Å². The van der Waals surface area contributed by atoms with Crippen LogP contribution in [0.15, 0.2) is 36.4 Å². The van der Waals surface area contributed by atoms with Crippen molar-refractivity contribution >= 4 is 17.4 Å². The molecule has 0 amide bonds. The molecule has 0 radical (unpaired) electrons. The lowest BCUT2D eigenvalue weighted by Crippen LogP contribution is -2.44. The van der Waals surface area contributed by atoms with Gasteiger partial charge in [0.2, 0.25) is 0 Å². The maximum atomic E-state index is 6.26. The second-order valence-electron chi connectivity index (χ2n) is 6.38. The zero-order chi connectivity index (χ0) is 16.4. The molecule has 1 N–H and O–H groups in total. The van der Waals surface area contributed by atoms with Gasteiger partial charge in [0.05, 0.1) is 10.7 Å². The number of halogens is 1. The SMILES string of the molecule is Clc1ccccc1O[C@H]1CCCc2ccc(N3CCNCC3)nc21. The summed E-state index contributed by atoms with van der Waals surface area (Å²) in [6.45, 7) is 4.03. The molecule has 5 heteroatoms. The molecule has 1 aliphatic carbocycles. The largest absolute Gasteiger partial charge is 0.483 e. The third kappa shape index (κ3) is 3.21. The minimum Gasteiger partial charge on any atom is -0.483 e. The third-order valence-corrected chi connectivity index (χ3v) is 5.07. The van der Waals surface area contributed by atoms with Crippen molar-refractivity contribution in [3.05, 3.63) is 52.7 Å². The minimum atomic E-state index is -0.0171. The van der Waals surface area contributed by atoms with E-state index in [1.807, 2.05) is 24.3 Å². The van der Waals surface area contributed by atoms with Gasteiger partial charge in [0.1, 0.15) is 17.7 Å². The molecule has 1 aliphatic heterocycles. The van der Waals surface area contributed by atoms with E-state index in [4.69, 9.17) is 21.3 Å². The number of fused-ring (bicyclic) bond motifs is 1. The Morgan fingerprint density at radius 2 is 1.96 bits per heavy atom. The number of para-hydroxylation sites is 1. The standard InChI is InChI=1S/C19H22ClN3O/c20-15-5-1-2-6-16(15)24-17-7-3-4-14-8-9-18(22-19(14)17)23-12-10-21-11-13-23/h1-2,5-6,8-9,17,21H,3-4,7,10-13H2/t17-/m0/s1. The summed E-state index contributed by atoms with van der Waals surface area (Å²) in [7, 11) is 0. The summed E-state index contributed by atoms with van der Waals surface area (Å²) in [5.74, 6) is 1.80. The van der Waals surface area contributed by atoms with Crippen molar-refractivity contribution in [3.63, 3.8) is 0 Å². The number of hydrogen-bond acceptors (Lipinski definition) is 4. The fraction of sp³-hybridized carbons (Fsp3) is 0.421. The van der Waals surface area contributed by atoms with Gasteiger partial charge in [0.15, 0.2) is 0 Å². The van der Waals surface area contributed by atoms with Crippen LogP contribution in [-0.2, 0) is 6.42 Å². The van der Waals surface area contributed by atoms with Crippen LogP contribution in [0, 0.1) is 0 Å². The normalized spacial score (nSPS) is 20.5. The topological polar surface area (TPSA) is 37.4 Å². The Labute approximate surface area is 147 Å². The van der Waals surface area contributed by atoms with Gasteiger partial charge in [-0.2, -0.15) is 0 Å². The van der Waals surface area contributed by atoms with E-state index in [-0.39, 0.29) is 6.10 Å². The lowest BCUT2D eigenvalue weighted by atomic mass is 9.93. The highest BCUT2D eigenvalue weighted by Gasteiger charge is 2.25. The summed E-state index contributed by atoms with van der Waals surface area (Å²) in [5.41, 5.74) is 2.38. The molecule has 1 atom stereocenters. The fourth-order valence-corrected chi connectivity index (χ4v) is 3.66. The lowest BCUT2D eigenvalue weighted by Gasteiger charge is -2.31. The highest BCUT2D eigenvalue weighted by atomic mass is 35.5. The van der Waals surface area contributed by atoms with Crippen molar-refractivity contribution in [3.8, 4) is 5.75 Å².